The summed E-state index contributed by atoms with van der Waals surface area (Å²) in [5, 5.41) is 13.7. The van der Waals surface area contributed by atoms with Crippen LogP contribution in [0.15, 0.2) is 359 Å². The predicted molar refractivity (Wildman–Crippen MR) is 543 cm³/mol. The molecule has 0 aliphatic heterocycles. The van der Waals surface area contributed by atoms with Crippen LogP contribution in [-0.4, -0.2) is 101 Å². The van der Waals surface area contributed by atoms with Gasteiger partial charge in [-0.05, 0) is 259 Å². The number of ether oxygens (including phenoxy) is 3. The third-order valence-electron chi connectivity index (χ3n) is 22.8. The summed E-state index contributed by atoms with van der Waals surface area (Å²) in [7, 11) is 4.99. The molecule has 0 atom stereocenters. The Morgan fingerprint density at radius 2 is 0.731 bits per heavy atom. The summed E-state index contributed by atoms with van der Waals surface area (Å²) in [5.74, 6) is 2.06. The highest BCUT2D eigenvalue weighted by atomic mass is 35.5. The first-order chi connectivity index (χ1) is 65.5. The van der Waals surface area contributed by atoms with E-state index in [1.807, 2.05) is 196 Å². The number of hydrogen-bond donors (Lipinski definition) is 8. The highest BCUT2D eigenvalue weighted by Crippen LogP contribution is 2.36. The summed E-state index contributed by atoms with van der Waals surface area (Å²) in [6, 6.07) is 82.8. The summed E-state index contributed by atoms with van der Waals surface area (Å²) in [5.41, 5.74) is 30.5. The van der Waals surface area contributed by atoms with Gasteiger partial charge in [-0.25, -0.2) is 48.7 Å². The van der Waals surface area contributed by atoms with Crippen molar-refractivity contribution >= 4 is 111 Å². The smallest absolute Gasteiger partial charge is 0.137 e. The van der Waals surface area contributed by atoms with E-state index in [1.54, 1.807) is 63.3 Å². The maximum atomic E-state index is 13.6. The Kier molecular flexibility index (Phi) is 27.9. The van der Waals surface area contributed by atoms with E-state index in [-0.39, 0.29) is 11.6 Å². The summed E-state index contributed by atoms with van der Waals surface area (Å²) < 4.78 is 42.5. The lowest BCUT2D eigenvalue weighted by Gasteiger charge is -2.08. The normalized spacial score (nSPS) is 10.8. The number of benzene rings is 7. The Morgan fingerprint density at radius 3 is 1.21 bits per heavy atom. The largest absolute Gasteiger partial charge is 0.497 e. The topological polar surface area (TPSA) is 257 Å². The minimum atomic E-state index is -0.226. The van der Waals surface area contributed by atoms with Crippen LogP contribution < -0.4 is 14.2 Å². The molecule has 0 fully saturated rings. The molecule has 7 aromatic carbocycles. The molecule has 0 saturated heterocycles. The van der Waals surface area contributed by atoms with Crippen LogP contribution in [0.2, 0.25) is 5.02 Å². The number of pyridine rings is 8. The van der Waals surface area contributed by atoms with Crippen molar-refractivity contribution in [1.82, 2.24) is 79.7 Å². The first-order valence-electron chi connectivity index (χ1n) is 43.3. The van der Waals surface area contributed by atoms with Crippen LogP contribution in [0.25, 0.3) is 177 Å². The molecule has 0 amide bonds. The molecule has 8 N–H and O–H groups in total. The standard InChI is InChI=1S/C15H13FN2.2C15H14N2.C14H11ClN2O.2C14H12N2O.C13H9FN2.C11H8N2S/c1-2-14-8-11-6-12(9-17-15(11)18-14)10-4-3-5-13(16)7-10;1-10-3-4-11(2)14(7-10)13-8-12-5-6-16-15(12)17-9-13;1-10-4-3-5-14(11(10)2)13-8-12-6-7-16-15(12)17-9-13;1-18-13-3-2-11(15)7-12(13)10-6-9-4-5-16-14(9)17-8-10;1-17-13-4-2-10(3-5-13)12-8-11-6-7-15-14(11)16-9-12;1-17-13-4-2-3-10(8-13)12-7-11-5-6-15-14(11)16-9-12;14-12-4-2-1-3-11(12)10-7-9-5-6-15-13(9)16-8-10;1-3-12-11-8(1)5-10(6-13-11)9-2-4-14-7-9/h3-9H,2H2,1H3,(H,17,18);2*3-9H,1-2H3,(H,16,17);2-8H,1H3,(H,16,17);2*2-9H,1H3,(H,15,16);1-8H,(H,15,16);1-7H,(H,12,13). The monoisotopic (exact) mass is 1800 g/mol. The summed E-state index contributed by atoms with van der Waals surface area (Å²) in [6.45, 7) is 10.6. The van der Waals surface area contributed by atoms with Gasteiger partial charge in [0, 0.05) is 202 Å². The first kappa shape index (κ1) is 89.3. The Balaban J connectivity index is 0.000000107. The lowest BCUT2D eigenvalue weighted by Crippen LogP contribution is -1.88. The van der Waals surface area contributed by atoms with E-state index in [2.05, 4.69) is 228 Å². The van der Waals surface area contributed by atoms with Crippen LogP contribution in [-0.2, 0) is 6.42 Å². The fourth-order valence-corrected chi connectivity index (χ4v) is 16.3. The summed E-state index contributed by atoms with van der Waals surface area (Å²) in [6.07, 6.45) is 29.0. The zero-order valence-corrected chi connectivity index (χ0v) is 76.2. The molecule has 17 aromatic heterocycles. The number of nitrogens with zero attached hydrogens (tertiary/aromatic N) is 8. The lowest BCUT2D eigenvalue weighted by molar-refractivity contribution is 0.415. The number of fused-ring (bicyclic) bond motifs is 8. The molecule has 0 radical (unpaired) electrons. The van der Waals surface area contributed by atoms with Gasteiger partial charge in [0.25, 0.3) is 0 Å². The van der Waals surface area contributed by atoms with Crippen molar-refractivity contribution in [1.29, 1.82) is 0 Å². The lowest BCUT2D eigenvalue weighted by atomic mass is 9.98. The van der Waals surface area contributed by atoms with Crippen LogP contribution in [0.5, 0.6) is 17.2 Å². The maximum absolute atomic E-state index is 13.6. The second kappa shape index (κ2) is 41.8. The van der Waals surface area contributed by atoms with Gasteiger partial charge in [-0.1, -0.05) is 115 Å². The molecule has 0 aliphatic rings. The number of hydrogen-bond acceptors (Lipinski definition) is 12. The molecule has 17 heterocycles. The van der Waals surface area contributed by atoms with Crippen molar-refractivity contribution < 1.29 is 23.0 Å². The number of rotatable bonds is 12. The van der Waals surface area contributed by atoms with Crippen molar-refractivity contribution in [3.05, 3.63) is 403 Å². The SMILES string of the molecule is CCc1cc2cc(-c3cccc(F)c3)cnc2[nH]1.COc1ccc(-c2cnc3[nH]ccc3c2)cc1.COc1ccc(Cl)cc1-c1cnc2[nH]ccc2c1.COc1cccc(-c2cnc3[nH]ccc3c2)c1.Cc1ccc(C)c(-c2cnc3[nH]ccc3c2)c1.Cc1cccc(-c2cnc3[nH]ccc3c2)c1C.Fc1ccccc1-c1cnc2[nH]ccc2c1.c1cc2cc(-c3ccsc3)cnc2[nH]1. The minimum absolute atomic E-state index is 0.223. The Morgan fingerprint density at radius 1 is 0.306 bits per heavy atom. The number of thiophene rings is 1. The van der Waals surface area contributed by atoms with Gasteiger partial charge in [0.15, 0.2) is 0 Å². The number of halogens is 3. The third-order valence-corrected chi connectivity index (χ3v) is 23.7. The van der Waals surface area contributed by atoms with Gasteiger partial charge in [-0.3, -0.25) is 0 Å². The van der Waals surface area contributed by atoms with Crippen LogP contribution in [0.1, 0.15) is 34.9 Å². The van der Waals surface area contributed by atoms with Crippen LogP contribution in [0, 0.1) is 39.3 Å². The van der Waals surface area contributed by atoms with Crippen molar-refractivity contribution in [3.8, 4) is 106 Å². The zero-order valence-electron chi connectivity index (χ0n) is 74.6. The van der Waals surface area contributed by atoms with Crippen LogP contribution in [0.3, 0.4) is 0 Å². The van der Waals surface area contributed by atoms with Gasteiger partial charge in [0.05, 0.1) is 21.3 Å². The van der Waals surface area contributed by atoms with Gasteiger partial charge in [0.1, 0.15) is 74.1 Å². The van der Waals surface area contributed by atoms with Gasteiger partial charge in [0.2, 0.25) is 0 Å². The van der Waals surface area contributed by atoms with Gasteiger partial charge in [-0.2, -0.15) is 11.3 Å². The molecule has 0 unspecified atom stereocenters. The van der Waals surface area contributed by atoms with Crippen molar-refractivity contribution in [2.45, 2.75) is 41.0 Å². The summed E-state index contributed by atoms with van der Waals surface area (Å²) in [4.78, 5) is 59.8. The van der Waals surface area contributed by atoms with Crippen molar-refractivity contribution in [3.63, 3.8) is 0 Å². The van der Waals surface area contributed by atoms with Gasteiger partial charge >= 0.3 is 0 Å². The number of aromatic amines is 8. The quantitative estimate of drug-likeness (QED) is 0.0571. The van der Waals surface area contributed by atoms with E-state index in [0.29, 0.717) is 10.6 Å². The van der Waals surface area contributed by atoms with E-state index in [0.717, 1.165) is 168 Å². The number of aryl methyl sites for hydroxylation is 4. The molecule has 662 valence electrons. The van der Waals surface area contributed by atoms with E-state index >= 15 is 0 Å². The molecule has 0 spiro atoms. The molecule has 0 saturated carbocycles. The molecule has 0 aliphatic carbocycles. The Hall–Kier alpha value is -16.7. The molecular formula is C111H93ClF2N16O3S. The molecule has 19 nitrogen and oxygen atoms in total. The number of nitrogens with one attached hydrogen (secondary N) is 8. The van der Waals surface area contributed by atoms with E-state index in [1.165, 1.54) is 73.8 Å². The Labute approximate surface area is 780 Å². The molecule has 23 heteroatoms. The number of aromatic nitrogens is 16. The Bertz CT molecular complexity index is 8030. The van der Waals surface area contributed by atoms with Gasteiger partial charge in [-0.15, -0.1) is 0 Å². The third kappa shape index (κ3) is 21.4. The summed E-state index contributed by atoms with van der Waals surface area (Å²) >= 11 is 7.74. The minimum Gasteiger partial charge on any atom is -0.497 e. The molecule has 134 heavy (non-hydrogen) atoms. The first-order valence-corrected chi connectivity index (χ1v) is 44.7. The highest BCUT2D eigenvalue weighted by molar-refractivity contribution is 7.08. The fraction of sp³-hybridized carbons (Fsp3) is 0.0811. The average molecular weight is 1800 g/mol. The van der Waals surface area contributed by atoms with E-state index in [9.17, 15) is 8.78 Å². The number of H-pyrrole nitrogens is 8. The second-order valence-electron chi connectivity index (χ2n) is 31.7. The zero-order chi connectivity index (χ0) is 92.4. The average Bonchev–Trinajstić information content (AvgIpc) is 1.48. The molecule has 24 aromatic rings. The van der Waals surface area contributed by atoms with E-state index < -0.39 is 0 Å². The van der Waals surface area contributed by atoms with Crippen LogP contribution in [0.4, 0.5) is 8.78 Å². The predicted octanol–water partition coefficient (Wildman–Crippen LogP) is 28.7. The van der Waals surface area contributed by atoms with Crippen LogP contribution >= 0.6 is 22.9 Å². The maximum Gasteiger partial charge on any atom is 0.137 e. The van der Waals surface area contributed by atoms with Crippen molar-refractivity contribution in [2.75, 3.05) is 21.3 Å². The van der Waals surface area contributed by atoms with E-state index in [4.69, 9.17) is 25.8 Å². The molecular weight excluding hydrogens is 1710 g/mol. The second-order valence-corrected chi connectivity index (χ2v) is 32.9. The fourth-order valence-electron chi connectivity index (χ4n) is 15.5. The highest BCUT2D eigenvalue weighted by Gasteiger charge is 2.14. The number of methoxy groups -OCH3 is 3. The van der Waals surface area contributed by atoms with Gasteiger partial charge < -0.3 is 54.1 Å². The molecule has 0 bridgehead atoms. The van der Waals surface area contributed by atoms with Crippen molar-refractivity contribution in [2.24, 2.45) is 0 Å². The molecule has 24 rings (SSSR count).